The average Bonchev–Trinajstić information content (AvgIpc) is 2.18. The van der Waals surface area contributed by atoms with Crippen molar-refractivity contribution in [2.45, 2.75) is 11.0 Å². The lowest BCUT2D eigenvalue weighted by molar-refractivity contribution is 1.02. The maximum atomic E-state index is 2.26. The summed E-state index contributed by atoms with van der Waals surface area (Å²) < 4.78 is 0.210. The first-order chi connectivity index (χ1) is 5.73. The molecular formula is C10H14S2. The van der Waals surface area contributed by atoms with Crippen LogP contribution in [0, 0.1) is 0 Å². The van der Waals surface area contributed by atoms with Crippen LogP contribution in [0.5, 0.6) is 0 Å². The molecule has 0 aromatic heterocycles. The molecule has 12 heavy (non-hydrogen) atoms. The Bertz CT molecular complexity index is 227. The second-order valence-electron chi connectivity index (χ2n) is 2.72. The smallest absolute Gasteiger partial charge is 0.0826 e. The molecule has 2 heteroatoms. The van der Waals surface area contributed by atoms with Crippen LogP contribution in [-0.4, -0.2) is 12.5 Å². The van der Waals surface area contributed by atoms with E-state index in [-0.39, 0.29) is 4.08 Å². The van der Waals surface area contributed by atoms with Gasteiger partial charge in [0.15, 0.2) is 0 Å². The van der Waals surface area contributed by atoms with Gasteiger partial charge >= 0.3 is 0 Å². The van der Waals surface area contributed by atoms with Crippen LogP contribution in [-0.2, 0) is 4.08 Å². The monoisotopic (exact) mass is 198 g/mol. The predicted octanol–water partition coefficient (Wildman–Crippen LogP) is 3.59. The number of benzene rings is 1. The van der Waals surface area contributed by atoms with Crippen LogP contribution in [0.2, 0.25) is 0 Å². The Morgan fingerprint density at radius 1 is 1.00 bits per heavy atom. The molecule has 0 saturated carbocycles. The lowest BCUT2D eigenvalue weighted by Gasteiger charge is -2.25. The Morgan fingerprint density at radius 2 is 1.50 bits per heavy atom. The Kier molecular flexibility index (Phi) is 3.53. The fraction of sp³-hybridized carbons (Fsp3) is 0.400. The van der Waals surface area contributed by atoms with E-state index in [1.807, 2.05) is 23.5 Å². The van der Waals surface area contributed by atoms with E-state index in [1.165, 1.54) is 5.56 Å². The second-order valence-corrected chi connectivity index (χ2v) is 5.43. The fourth-order valence-corrected chi connectivity index (χ4v) is 2.47. The van der Waals surface area contributed by atoms with Crippen LogP contribution >= 0.6 is 23.5 Å². The summed E-state index contributed by atoms with van der Waals surface area (Å²) in [6.45, 7) is 2.26. The van der Waals surface area contributed by atoms with Crippen LogP contribution in [0.1, 0.15) is 12.5 Å². The minimum atomic E-state index is 0.210. The summed E-state index contributed by atoms with van der Waals surface area (Å²) >= 11 is 3.78. The molecule has 66 valence electrons. The highest BCUT2D eigenvalue weighted by Gasteiger charge is 2.23. The van der Waals surface area contributed by atoms with Crippen molar-refractivity contribution in [3.63, 3.8) is 0 Å². The molecule has 1 aromatic carbocycles. The standard InChI is InChI=1S/C10H14S2/c1-10(11-2,12-3)9-7-5-4-6-8-9/h4-8H,1-3H3. The van der Waals surface area contributed by atoms with E-state index < -0.39 is 0 Å². The summed E-state index contributed by atoms with van der Waals surface area (Å²) in [7, 11) is 0. The lowest BCUT2D eigenvalue weighted by Crippen LogP contribution is -2.10. The van der Waals surface area contributed by atoms with E-state index in [1.54, 1.807) is 0 Å². The van der Waals surface area contributed by atoms with E-state index >= 15 is 0 Å². The molecule has 0 fully saturated rings. The van der Waals surface area contributed by atoms with Gasteiger partial charge in [-0.15, -0.1) is 23.5 Å². The molecular weight excluding hydrogens is 184 g/mol. The predicted molar refractivity (Wildman–Crippen MR) is 60.8 cm³/mol. The molecule has 0 bridgehead atoms. The second kappa shape index (κ2) is 4.24. The van der Waals surface area contributed by atoms with Crippen molar-refractivity contribution in [2.24, 2.45) is 0 Å². The van der Waals surface area contributed by atoms with Gasteiger partial charge in [0.25, 0.3) is 0 Å². The highest BCUT2D eigenvalue weighted by atomic mass is 32.2. The molecule has 0 heterocycles. The van der Waals surface area contributed by atoms with E-state index in [0.717, 1.165) is 0 Å². The summed E-state index contributed by atoms with van der Waals surface area (Å²) in [5.74, 6) is 0. The van der Waals surface area contributed by atoms with Crippen molar-refractivity contribution >= 4 is 23.5 Å². The molecule has 1 rings (SSSR count). The van der Waals surface area contributed by atoms with Crippen LogP contribution in [0.4, 0.5) is 0 Å². The average molecular weight is 198 g/mol. The first kappa shape index (κ1) is 10.0. The Labute approximate surface area is 83.1 Å². The zero-order chi connectivity index (χ0) is 9.03. The molecule has 0 aliphatic rings. The third-order valence-electron chi connectivity index (χ3n) is 2.08. The quantitative estimate of drug-likeness (QED) is 0.681. The van der Waals surface area contributed by atoms with Crippen molar-refractivity contribution in [3.8, 4) is 0 Å². The van der Waals surface area contributed by atoms with Gasteiger partial charge in [0.05, 0.1) is 4.08 Å². The van der Waals surface area contributed by atoms with E-state index in [4.69, 9.17) is 0 Å². The van der Waals surface area contributed by atoms with Gasteiger partial charge in [-0.3, -0.25) is 0 Å². The Hall–Kier alpha value is -0.0800. The molecule has 0 aliphatic carbocycles. The number of thioether (sulfide) groups is 2. The van der Waals surface area contributed by atoms with Gasteiger partial charge in [0, 0.05) is 0 Å². The third-order valence-corrected chi connectivity index (χ3v) is 5.11. The van der Waals surface area contributed by atoms with Crippen molar-refractivity contribution in [3.05, 3.63) is 35.9 Å². The molecule has 0 saturated heterocycles. The minimum absolute atomic E-state index is 0.210. The van der Waals surface area contributed by atoms with E-state index in [2.05, 4.69) is 49.8 Å². The van der Waals surface area contributed by atoms with Gasteiger partial charge in [0.1, 0.15) is 0 Å². The maximum Gasteiger partial charge on any atom is 0.0826 e. The largest absolute Gasteiger partial charge is 0.143 e. The highest BCUT2D eigenvalue weighted by Crippen LogP contribution is 2.42. The highest BCUT2D eigenvalue weighted by molar-refractivity contribution is 8.16. The molecule has 1 aromatic rings. The van der Waals surface area contributed by atoms with Crippen molar-refractivity contribution < 1.29 is 0 Å². The van der Waals surface area contributed by atoms with E-state index in [0.29, 0.717) is 0 Å². The minimum Gasteiger partial charge on any atom is -0.143 e. The Balaban J connectivity index is 2.95. The van der Waals surface area contributed by atoms with Crippen molar-refractivity contribution in [1.29, 1.82) is 0 Å². The third kappa shape index (κ3) is 1.99. The van der Waals surface area contributed by atoms with Gasteiger partial charge in [-0.05, 0) is 25.0 Å². The SMILES string of the molecule is CSC(C)(SC)c1ccccc1. The molecule has 0 unspecified atom stereocenters. The first-order valence-electron chi connectivity index (χ1n) is 3.89. The van der Waals surface area contributed by atoms with Crippen molar-refractivity contribution in [1.82, 2.24) is 0 Å². The Morgan fingerprint density at radius 3 is 1.92 bits per heavy atom. The normalized spacial score (nSPS) is 11.6. The topological polar surface area (TPSA) is 0 Å². The van der Waals surface area contributed by atoms with Gasteiger partial charge in [0.2, 0.25) is 0 Å². The number of rotatable bonds is 3. The summed E-state index contributed by atoms with van der Waals surface area (Å²) in [4.78, 5) is 0. The fourth-order valence-electron chi connectivity index (χ4n) is 1.06. The van der Waals surface area contributed by atoms with Crippen LogP contribution in [0.15, 0.2) is 30.3 Å². The molecule has 0 N–H and O–H groups in total. The zero-order valence-corrected chi connectivity index (χ0v) is 9.34. The lowest BCUT2D eigenvalue weighted by atomic mass is 10.2. The molecule has 0 atom stereocenters. The maximum absolute atomic E-state index is 2.26. The molecule has 0 radical (unpaired) electrons. The molecule has 0 spiro atoms. The van der Waals surface area contributed by atoms with Crippen LogP contribution < -0.4 is 0 Å². The summed E-state index contributed by atoms with van der Waals surface area (Å²) in [6.07, 6.45) is 4.31. The van der Waals surface area contributed by atoms with Gasteiger partial charge in [-0.2, -0.15) is 0 Å². The zero-order valence-electron chi connectivity index (χ0n) is 7.70. The number of hydrogen-bond acceptors (Lipinski definition) is 2. The molecule has 0 aliphatic heterocycles. The number of hydrogen-bond donors (Lipinski definition) is 0. The van der Waals surface area contributed by atoms with Gasteiger partial charge in [-0.1, -0.05) is 30.3 Å². The van der Waals surface area contributed by atoms with Crippen molar-refractivity contribution in [2.75, 3.05) is 12.5 Å². The van der Waals surface area contributed by atoms with Gasteiger partial charge < -0.3 is 0 Å². The summed E-state index contributed by atoms with van der Waals surface area (Å²) in [5.41, 5.74) is 1.39. The van der Waals surface area contributed by atoms with E-state index in [9.17, 15) is 0 Å². The van der Waals surface area contributed by atoms with Gasteiger partial charge in [-0.25, -0.2) is 0 Å². The van der Waals surface area contributed by atoms with Crippen LogP contribution in [0.3, 0.4) is 0 Å². The summed E-state index contributed by atoms with van der Waals surface area (Å²) in [5, 5.41) is 0. The molecule has 0 amide bonds. The first-order valence-corrected chi connectivity index (χ1v) is 6.33. The van der Waals surface area contributed by atoms with Crippen LogP contribution in [0.25, 0.3) is 0 Å². The molecule has 0 nitrogen and oxygen atoms in total. The summed E-state index contributed by atoms with van der Waals surface area (Å²) in [6, 6.07) is 10.6.